The van der Waals surface area contributed by atoms with Gasteiger partial charge in [0.25, 0.3) is 0 Å². The molecule has 1 aromatic heterocycles. The first-order valence-electron chi connectivity index (χ1n) is 6.27. The van der Waals surface area contributed by atoms with Crippen molar-refractivity contribution in [1.82, 2.24) is 4.98 Å². The smallest absolute Gasteiger partial charge is 0.360 e. The van der Waals surface area contributed by atoms with Crippen molar-refractivity contribution >= 4 is 33.7 Å². The van der Waals surface area contributed by atoms with E-state index in [9.17, 15) is 4.79 Å². The number of nitrogens with one attached hydrogen (secondary N) is 1. The molecule has 0 bridgehead atoms. The fraction of sp³-hybridized carbons (Fsp3) is 0.286. The zero-order chi connectivity index (χ0) is 14.5. The maximum Gasteiger partial charge on any atom is 0.360 e. The second-order valence-corrected chi connectivity index (χ2v) is 5.17. The van der Waals surface area contributed by atoms with Gasteiger partial charge in [-0.3, -0.25) is 0 Å². The molecule has 0 saturated heterocycles. The van der Waals surface area contributed by atoms with Crippen LogP contribution >= 0.6 is 11.3 Å². The van der Waals surface area contributed by atoms with Gasteiger partial charge in [0.1, 0.15) is 5.00 Å². The molecule has 6 heteroatoms. The molecule has 1 heterocycles. The van der Waals surface area contributed by atoms with Gasteiger partial charge in [0.05, 0.1) is 12.1 Å². The predicted octanol–water partition coefficient (Wildman–Crippen LogP) is 3.13. The normalized spacial score (nSPS) is 10.2. The monoisotopic (exact) mass is 291 g/mol. The molecule has 0 saturated carbocycles. The van der Waals surface area contributed by atoms with Crippen molar-refractivity contribution in [2.24, 2.45) is 0 Å². The molecule has 0 unspecified atom stereocenters. The Hall–Kier alpha value is -2.08. The number of nitrogens with zero attached hydrogens (tertiary/aromatic N) is 2. The summed E-state index contributed by atoms with van der Waals surface area (Å²) in [6, 6.07) is 7.94. The van der Waals surface area contributed by atoms with Crippen LogP contribution in [0.3, 0.4) is 0 Å². The summed E-state index contributed by atoms with van der Waals surface area (Å²) in [4.78, 5) is 17.8. The van der Waals surface area contributed by atoms with Crippen LogP contribution < -0.4 is 10.2 Å². The standard InChI is InChI=1S/C14H17N3O2S/c1-4-19-14(18)12-13(20-9-15-12)16-10-5-7-11(8-6-10)17(2)3/h5-9,16H,4H2,1-3H3. The Balaban J connectivity index is 2.14. The molecule has 0 amide bonds. The van der Waals surface area contributed by atoms with E-state index >= 15 is 0 Å². The lowest BCUT2D eigenvalue weighted by Crippen LogP contribution is -2.08. The van der Waals surface area contributed by atoms with Crippen LogP contribution in [-0.2, 0) is 4.74 Å². The SMILES string of the molecule is CCOC(=O)c1ncsc1Nc1ccc(N(C)C)cc1. The Kier molecular flexibility index (Phi) is 4.57. The quantitative estimate of drug-likeness (QED) is 0.858. The third-order valence-electron chi connectivity index (χ3n) is 2.68. The van der Waals surface area contributed by atoms with E-state index in [0.29, 0.717) is 17.3 Å². The summed E-state index contributed by atoms with van der Waals surface area (Å²) in [6.45, 7) is 2.12. The van der Waals surface area contributed by atoms with Crippen molar-refractivity contribution < 1.29 is 9.53 Å². The number of benzene rings is 1. The van der Waals surface area contributed by atoms with E-state index in [1.807, 2.05) is 43.3 Å². The molecule has 0 aliphatic heterocycles. The number of anilines is 3. The molecule has 2 aromatic rings. The van der Waals surface area contributed by atoms with Crippen molar-refractivity contribution in [3.63, 3.8) is 0 Å². The molecule has 106 valence electrons. The Labute approximate surface area is 122 Å². The maximum absolute atomic E-state index is 11.7. The van der Waals surface area contributed by atoms with Crippen molar-refractivity contribution in [1.29, 1.82) is 0 Å². The van der Waals surface area contributed by atoms with Gasteiger partial charge in [-0.25, -0.2) is 9.78 Å². The first-order valence-corrected chi connectivity index (χ1v) is 7.14. The number of rotatable bonds is 5. The van der Waals surface area contributed by atoms with E-state index in [1.54, 1.807) is 12.4 Å². The van der Waals surface area contributed by atoms with Gasteiger partial charge in [-0.05, 0) is 31.2 Å². The van der Waals surface area contributed by atoms with Crippen molar-refractivity contribution in [2.45, 2.75) is 6.92 Å². The van der Waals surface area contributed by atoms with Gasteiger partial charge in [-0.15, -0.1) is 11.3 Å². The van der Waals surface area contributed by atoms with E-state index in [-0.39, 0.29) is 0 Å². The van der Waals surface area contributed by atoms with Gasteiger partial charge < -0.3 is 15.0 Å². The van der Waals surface area contributed by atoms with Gasteiger partial charge in [0.15, 0.2) is 5.69 Å². The Morgan fingerprint density at radius 3 is 2.65 bits per heavy atom. The zero-order valence-electron chi connectivity index (χ0n) is 11.7. The minimum Gasteiger partial charge on any atom is -0.461 e. The maximum atomic E-state index is 11.7. The highest BCUT2D eigenvalue weighted by Crippen LogP contribution is 2.26. The summed E-state index contributed by atoms with van der Waals surface area (Å²) in [5.41, 5.74) is 3.98. The highest BCUT2D eigenvalue weighted by atomic mass is 32.1. The number of esters is 1. The predicted molar refractivity (Wildman–Crippen MR) is 82.1 cm³/mol. The third kappa shape index (κ3) is 3.27. The number of aromatic nitrogens is 1. The number of carbonyl (C=O) groups excluding carboxylic acids is 1. The molecule has 0 aliphatic carbocycles. The molecule has 0 aliphatic rings. The Morgan fingerprint density at radius 2 is 2.05 bits per heavy atom. The summed E-state index contributed by atoms with van der Waals surface area (Å²) in [6.07, 6.45) is 0. The van der Waals surface area contributed by atoms with Gasteiger partial charge >= 0.3 is 5.97 Å². The Morgan fingerprint density at radius 1 is 1.35 bits per heavy atom. The number of ether oxygens (including phenoxy) is 1. The number of hydrogen-bond acceptors (Lipinski definition) is 6. The lowest BCUT2D eigenvalue weighted by molar-refractivity contribution is 0.0521. The van der Waals surface area contributed by atoms with Crippen LogP contribution in [0.2, 0.25) is 0 Å². The van der Waals surface area contributed by atoms with Crippen LogP contribution in [0, 0.1) is 0 Å². The van der Waals surface area contributed by atoms with Crippen molar-refractivity contribution in [2.75, 3.05) is 30.9 Å². The lowest BCUT2D eigenvalue weighted by Gasteiger charge is -2.13. The zero-order valence-corrected chi connectivity index (χ0v) is 12.5. The summed E-state index contributed by atoms with van der Waals surface area (Å²) >= 11 is 1.38. The molecule has 0 fully saturated rings. The van der Waals surface area contributed by atoms with E-state index in [4.69, 9.17) is 4.74 Å². The fourth-order valence-electron chi connectivity index (χ4n) is 1.65. The fourth-order valence-corrected chi connectivity index (χ4v) is 2.34. The molecule has 0 radical (unpaired) electrons. The average molecular weight is 291 g/mol. The van der Waals surface area contributed by atoms with Crippen molar-refractivity contribution in [3.8, 4) is 0 Å². The highest BCUT2D eigenvalue weighted by Gasteiger charge is 2.16. The number of hydrogen-bond donors (Lipinski definition) is 1. The van der Waals surface area contributed by atoms with Crippen LogP contribution in [-0.4, -0.2) is 31.7 Å². The van der Waals surface area contributed by atoms with Crippen LogP contribution in [0.5, 0.6) is 0 Å². The summed E-state index contributed by atoms with van der Waals surface area (Å²) in [7, 11) is 3.98. The van der Waals surface area contributed by atoms with E-state index < -0.39 is 5.97 Å². The first-order chi connectivity index (χ1) is 9.61. The first kappa shape index (κ1) is 14.3. The summed E-state index contributed by atoms with van der Waals surface area (Å²) in [5.74, 6) is -0.402. The van der Waals surface area contributed by atoms with E-state index in [1.165, 1.54) is 11.3 Å². The molecule has 1 aromatic carbocycles. The molecule has 2 rings (SSSR count). The van der Waals surface area contributed by atoms with Crippen LogP contribution in [0.1, 0.15) is 17.4 Å². The third-order valence-corrected chi connectivity index (χ3v) is 3.42. The number of thiazole rings is 1. The second kappa shape index (κ2) is 6.38. The molecule has 5 nitrogen and oxygen atoms in total. The highest BCUT2D eigenvalue weighted by molar-refractivity contribution is 7.14. The van der Waals surface area contributed by atoms with Crippen LogP contribution in [0.4, 0.5) is 16.4 Å². The number of carbonyl (C=O) groups is 1. The molecule has 1 N–H and O–H groups in total. The van der Waals surface area contributed by atoms with E-state index in [0.717, 1.165) is 11.4 Å². The topological polar surface area (TPSA) is 54.5 Å². The van der Waals surface area contributed by atoms with Crippen molar-refractivity contribution in [3.05, 3.63) is 35.5 Å². The average Bonchev–Trinajstić information content (AvgIpc) is 2.88. The molecule has 20 heavy (non-hydrogen) atoms. The van der Waals surface area contributed by atoms with Gasteiger partial charge in [-0.1, -0.05) is 0 Å². The van der Waals surface area contributed by atoms with Gasteiger partial charge in [0, 0.05) is 25.5 Å². The Bertz CT molecular complexity index is 578. The van der Waals surface area contributed by atoms with Gasteiger partial charge in [-0.2, -0.15) is 0 Å². The summed E-state index contributed by atoms with van der Waals surface area (Å²) < 4.78 is 4.97. The second-order valence-electron chi connectivity index (χ2n) is 4.32. The molecular formula is C14H17N3O2S. The van der Waals surface area contributed by atoms with Crippen LogP contribution in [0.15, 0.2) is 29.8 Å². The minimum absolute atomic E-state index is 0.327. The molecule has 0 spiro atoms. The van der Waals surface area contributed by atoms with Gasteiger partial charge in [0.2, 0.25) is 0 Å². The largest absolute Gasteiger partial charge is 0.461 e. The van der Waals surface area contributed by atoms with E-state index in [2.05, 4.69) is 10.3 Å². The summed E-state index contributed by atoms with van der Waals surface area (Å²) in [5, 5.41) is 3.89. The lowest BCUT2D eigenvalue weighted by atomic mass is 10.2. The minimum atomic E-state index is -0.402. The van der Waals surface area contributed by atoms with Crippen LogP contribution in [0.25, 0.3) is 0 Å². The molecular weight excluding hydrogens is 274 g/mol. The molecule has 0 atom stereocenters.